The molecule has 0 radical (unpaired) electrons. The molecule has 0 aliphatic heterocycles. The Hall–Kier alpha value is -1.29. The molecule has 1 aromatic rings. The fourth-order valence-electron chi connectivity index (χ4n) is 1.35. The second-order valence-electron chi connectivity index (χ2n) is 3.47. The zero-order valence-electron chi connectivity index (χ0n) is 9.57. The number of aliphatic hydroxyl groups is 1. The Kier molecular flexibility index (Phi) is 5.05. The first-order valence-corrected chi connectivity index (χ1v) is 5.23. The predicted molar refractivity (Wildman–Crippen MR) is 59.7 cm³/mol. The molecule has 0 saturated heterocycles. The summed E-state index contributed by atoms with van der Waals surface area (Å²) in [4.78, 5) is 0. The first-order valence-electron chi connectivity index (χ1n) is 5.23. The Morgan fingerprint density at radius 2 is 2.19 bits per heavy atom. The van der Waals surface area contributed by atoms with Crippen molar-refractivity contribution in [2.45, 2.75) is 19.4 Å². The molecular formula is C12H17FO3. The van der Waals surface area contributed by atoms with Gasteiger partial charge in [-0.3, -0.25) is 4.39 Å². The molecule has 0 fully saturated rings. The molecule has 1 N–H and O–H groups in total. The summed E-state index contributed by atoms with van der Waals surface area (Å²) >= 11 is 0. The van der Waals surface area contributed by atoms with E-state index in [0.717, 1.165) is 0 Å². The highest BCUT2D eigenvalue weighted by atomic mass is 19.1. The Morgan fingerprint density at radius 3 is 2.75 bits per heavy atom. The quantitative estimate of drug-likeness (QED) is 0.760. The van der Waals surface area contributed by atoms with E-state index >= 15 is 0 Å². The molecule has 0 saturated carbocycles. The largest absolute Gasteiger partial charge is 0.497 e. The van der Waals surface area contributed by atoms with Crippen molar-refractivity contribution in [3.05, 3.63) is 23.8 Å². The van der Waals surface area contributed by atoms with Crippen LogP contribution in [0.3, 0.4) is 0 Å². The SMILES string of the molecule is COc1ccc(C(C)O)c(OCCCF)c1. The van der Waals surface area contributed by atoms with E-state index < -0.39 is 12.8 Å². The van der Waals surface area contributed by atoms with Crippen LogP contribution in [0.15, 0.2) is 18.2 Å². The third kappa shape index (κ3) is 3.38. The Labute approximate surface area is 94.8 Å². The predicted octanol–water partition coefficient (Wildman–Crippen LogP) is 2.49. The average Bonchev–Trinajstić information content (AvgIpc) is 2.29. The minimum Gasteiger partial charge on any atom is -0.497 e. The van der Waals surface area contributed by atoms with Crippen LogP contribution in [0.5, 0.6) is 11.5 Å². The molecule has 0 bridgehead atoms. The fraction of sp³-hybridized carbons (Fsp3) is 0.500. The highest BCUT2D eigenvalue weighted by Gasteiger charge is 2.10. The van der Waals surface area contributed by atoms with Gasteiger partial charge in [0.1, 0.15) is 11.5 Å². The molecule has 0 aliphatic carbocycles. The lowest BCUT2D eigenvalue weighted by Gasteiger charge is -2.14. The van der Waals surface area contributed by atoms with Crippen LogP contribution in [-0.4, -0.2) is 25.5 Å². The van der Waals surface area contributed by atoms with Crippen LogP contribution in [-0.2, 0) is 0 Å². The Bertz CT molecular complexity index is 326. The van der Waals surface area contributed by atoms with Gasteiger partial charge in [0.25, 0.3) is 0 Å². The molecule has 1 unspecified atom stereocenters. The van der Waals surface area contributed by atoms with Crippen molar-refractivity contribution in [1.82, 2.24) is 0 Å². The molecule has 90 valence electrons. The highest BCUT2D eigenvalue weighted by molar-refractivity contribution is 5.41. The number of halogens is 1. The maximum absolute atomic E-state index is 11.9. The molecule has 3 nitrogen and oxygen atoms in total. The van der Waals surface area contributed by atoms with Gasteiger partial charge in [-0.05, 0) is 19.1 Å². The van der Waals surface area contributed by atoms with Crippen LogP contribution in [0.4, 0.5) is 4.39 Å². The van der Waals surface area contributed by atoms with E-state index in [4.69, 9.17) is 9.47 Å². The molecule has 4 heteroatoms. The van der Waals surface area contributed by atoms with Crippen molar-refractivity contribution in [1.29, 1.82) is 0 Å². The van der Waals surface area contributed by atoms with Gasteiger partial charge in [-0.15, -0.1) is 0 Å². The molecule has 1 aromatic carbocycles. The van der Waals surface area contributed by atoms with Crippen molar-refractivity contribution in [2.75, 3.05) is 20.4 Å². The molecule has 0 amide bonds. The average molecular weight is 228 g/mol. The summed E-state index contributed by atoms with van der Waals surface area (Å²) in [5, 5.41) is 9.53. The van der Waals surface area contributed by atoms with Crippen molar-refractivity contribution in [2.24, 2.45) is 0 Å². The van der Waals surface area contributed by atoms with E-state index in [2.05, 4.69) is 0 Å². The monoisotopic (exact) mass is 228 g/mol. The molecular weight excluding hydrogens is 211 g/mol. The minimum atomic E-state index is -0.619. The van der Waals surface area contributed by atoms with Crippen LogP contribution >= 0.6 is 0 Å². The van der Waals surface area contributed by atoms with Gasteiger partial charge in [0, 0.05) is 18.1 Å². The maximum Gasteiger partial charge on any atom is 0.128 e. The topological polar surface area (TPSA) is 38.7 Å². The van der Waals surface area contributed by atoms with Crippen LogP contribution in [0.25, 0.3) is 0 Å². The van der Waals surface area contributed by atoms with Gasteiger partial charge in [-0.1, -0.05) is 0 Å². The van der Waals surface area contributed by atoms with Gasteiger partial charge in [0.2, 0.25) is 0 Å². The van der Waals surface area contributed by atoms with E-state index in [0.29, 0.717) is 30.1 Å². The summed E-state index contributed by atoms with van der Waals surface area (Å²) in [6.07, 6.45) is -0.275. The van der Waals surface area contributed by atoms with Crippen LogP contribution in [0, 0.1) is 0 Å². The number of hydrogen-bond donors (Lipinski definition) is 1. The third-order valence-electron chi connectivity index (χ3n) is 2.21. The highest BCUT2D eigenvalue weighted by Crippen LogP contribution is 2.29. The van der Waals surface area contributed by atoms with Crippen LogP contribution < -0.4 is 9.47 Å². The summed E-state index contributed by atoms with van der Waals surface area (Å²) in [5.41, 5.74) is 0.680. The molecule has 0 spiro atoms. The Morgan fingerprint density at radius 1 is 1.44 bits per heavy atom. The number of ether oxygens (including phenoxy) is 2. The molecule has 1 rings (SSSR count). The number of hydrogen-bond acceptors (Lipinski definition) is 3. The number of alkyl halides is 1. The summed E-state index contributed by atoms with van der Waals surface area (Å²) in [7, 11) is 1.56. The lowest BCUT2D eigenvalue weighted by molar-refractivity contribution is 0.190. The smallest absolute Gasteiger partial charge is 0.128 e. The van der Waals surface area contributed by atoms with Gasteiger partial charge in [0.15, 0.2) is 0 Å². The number of methoxy groups -OCH3 is 1. The van der Waals surface area contributed by atoms with Gasteiger partial charge in [-0.25, -0.2) is 0 Å². The van der Waals surface area contributed by atoms with Crippen LogP contribution in [0.1, 0.15) is 25.0 Å². The maximum atomic E-state index is 11.9. The lowest BCUT2D eigenvalue weighted by atomic mass is 10.1. The summed E-state index contributed by atoms with van der Waals surface area (Å²) in [6, 6.07) is 5.19. The third-order valence-corrected chi connectivity index (χ3v) is 2.21. The molecule has 0 aliphatic rings. The van der Waals surface area contributed by atoms with Gasteiger partial charge in [-0.2, -0.15) is 0 Å². The summed E-state index contributed by atoms with van der Waals surface area (Å²) in [5.74, 6) is 1.20. The standard InChI is InChI=1S/C12H17FO3/c1-9(14)11-5-4-10(15-2)8-12(11)16-7-3-6-13/h4-5,8-9,14H,3,6-7H2,1-2H3. The number of rotatable bonds is 6. The number of benzene rings is 1. The van der Waals surface area contributed by atoms with Crippen molar-refractivity contribution >= 4 is 0 Å². The zero-order valence-corrected chi connectivity index (χ0v) is 9.57. The Balaban J connectivity index is 2.83. The molecule has 1 atom stereocenters. The minimum absolute atomic E-state index is 0.295. The normalized spacial score (nSPS) is 12.2. The second-order valence-corrected chi connectivity index (χ2v) is 3.47. The van der Waals surface area contributed by atoms with Crippen molar-refractivity contribution in [3.63, 3.8) is 0 Å². The first-order chi connectivity index (χ1) is 7.69. The lowest BCUT2D eigenvalue weighted by Crippen LogP contribution is -2.03. The van der Waals surface area contributed by atoms with E-state index in [1.54, 1.807) is 32.2 Å². The fourth-order valence-corrected chi connectivity index (χ4v) is 1.35. The van der Waals surface area contributed by atoms with Gasteiger partial charge >= 0.3 is 0 Å². The first kappa shape index (κ1) is 12.8. The van der Waals surface area contributed by atoms with E-state index in [-0.39, 0.29) is 0 Å². The van der Waals surface area contributed by atoms with Gasteiger partial charge in [0.05, 0.1) is 26.5 Å². The zero-order chi connectivity index (χ0) is 12.0. The summed E-state index contributed by atoms with van der Waals surface area (Å²) < 4.78 is 22.4. The molecule has 0 heterocycles. The van der Waals surface area contributed by atoms with E-state index in [9.17, 15) is 9.50 Å². The van der Waals surface area contributed by atoms with Gasteiger partial charge < -0.3 is 14.6 Å². The van der Waals surface area contributed by atoms with E-state index in [1.165, 1.54) is 0 Å². The van der Waals surface area contributed by atoms with Crippen molar-refractivity contribution < 1.29 is 19.0 Å². The van der Waals surface area contributed by atoms with Crippen LogP contribution in [0.2, 0.25) is 0 Å². The van der Waals surface area contributed by atoms with E-state index in [1.807, 2.05) is 0 Å². The molecule has 0 aromatic heterocycles. The van der Waals surface area contributed by atoms with Crippen molar-refractivity contribution in [3.8, 4) is 11.5 Å². The summed E-state index contributed by atoms with van der Waals surface area (Å²) in [6.45, 7) is 1.54. The molecule has 16 heavy (non-hydrogen) atoms. The second kappa shape index (κ2) is 6.33. The number of aliphatic hydroxyl groups excluding tert-OH is 1.